The third-order valence-corrected chi connectivity index (χ3v) is 4.99. The SMILES string of the molecule is CCOC(=O)CCC1(CCC(=O)OCC)c2cccnc2-c2ncccc21. The number of nitrogens with zero attached hydrogens (tertiary/aromatic N) is 2. The summed E-state index contributed by atoms with van der Waals surface area (Å²) in [5.74, 6) is -0.480. The summed E-state index contributed by atoms with van der Waals surface area (Å²) in [6.45, 7) is 4.29. The Hall–Kier alpha value is -2.76. The number of rotatable bonds is 8. The highest BCUT2D eigenvalue weighted by Gasteiger charge is 2.44. The molecule has 0 radical (unpaired) electrons. The van der Waals surface area contributed by atoms with Crippen LogP contribution in [0.15, 0.2) is 36.7 Å². The molecule has 27 heavy (non-hydrogen) atoms. The van der Waals surface area contributed by atoms with Gasteiger partial charge in [-0.25, -0.2) is 0 Å². The molecule has 142 valence electrons. The van der Waals surface area contributed by atoms with Crippen molar-refractivity contribution in [2.45, 2.75) is 44.9 Å². The third kappa shape index (κ3) is 3.70. The van der Waals surface area contributed by atoms with Gasteiger partial charge < -0.3 is 9.47 Å². The Bertz CT molecular complexity index is 765. The van der Waals surface area contributed by atoms with Gasteiger partial charge in [-0.15, -0.1) is 0 Å². The van der Waals surface area contributed by atoms with E-state index in [0.29, 0.717) is 26.1 Å². The Morgan fingerprint density at radius 1 is 0.852 bits per heavy atom. The topological polar surface area (TPSA) is 78.4 Å². The Balaban J connectivity index is 2.00. The second-order valence-corrected chi connectivity index (χ2v) is 6.49. The van der Waals surface area contributed by atoms with Crippen molar-refractivity contribution in [3.8, 4) is 11.4 Å². The molecule has 0 bridgehead atoms. The Labute approximate surface area is 158 Å². The Kier molecular flexibility index (Phi) is 5.84. The summed E-state index contributed by atoms with van der Waals surface area (Å²) in [5, 5.41) is 0. The normalized spacial score (nSPS) is 13.6. The molecule has 0 aliphatic heterocycles. The van der Waals surface area contributed by atoms with Crippen molar-refractivity contribution in [3.63, 3.8) is 0 Å². The van der Waals surface area contributed by atoms with Crippen molar-refractivity contribution in [2.75, 3.05) is 13.2 Å². The first-order valence-corrected chi connectivity index (χ1v) is 9.35. The highest BCUT2D eigenvalue weighted by Crippen LogP contribution is 2.52. The van der Waals surface area contributed by atoms with Crippen LogP contribution < -0.4 is 0 Å². The lowest BCUT2D eigenvalue weighted by Crippen LogP contribution is -2.28. The molecule has 3 rings (SSSR count). The van der Waals surface area contributed by atoms with Gasteiger partial charge in [0.15, 0.2) is 0 Å². The van der Waals surface area contributed by atoms with Crippen LogP contribution in [0.3, 0.4) is 0 Å². The highest BCUT2D eigenvalue weighted by molar-refractivity contribution is 5.77. The fraction of sp³-hybridized carbons (Fsp3) is 0.429. The van der Waals surface area contributed by atoms with E-state index in [1.807, 2.05) is 24.3 Å². The number of carbonyl (C=O) groups is 2. The minimum atomic E-state index is -0.507. The lowest BCUT2D eigenvalue weighted by molar-refractivity contribution is -0.143. The van der Waals surface area contributed by atoms with Gasteiger partial charge in [0.2, 0.25) is 0 Å². The maximum absolute atomic E-state index is 12.1. The Morgan fingerprint density at radius 2 is 1.30 bits per heavy atom. The number of hydrogen-bond donors (Lipinski definition) is 0. The molecule has 0 unspecified atom stereocenters. The van der Waals surface area contributed by atoms with Crippen molar-refractivity contribution in [3.05, 3.63) is 47.8 Å². The number of aromatic nitrogens is 2. The quantitative estimate of drug-likeness (QED) is 0.664. The second-order valence-electron chi connectivity index (χ2n) is 6.49. The lowest BCUT2D eigenvalue weighted by Gasteiger charge is -2.31. The zero-order valence-corrected chi connectivity index (χ0v) is 15.7. The minimum Gasteiger partial charge on any atom is -0.466 e. The van der Waals surface area contributed by atoms with E-state index in [1.54, 1.807) is 26.2 Å². The van der Waals surface area contributed by atoms with E-state index in [9.17, 15) is 9.59 Å². The largest absolute Gasteiger partial charge is 0.466 e. The van der Waals surface area contributed by atoms with Crippen LogP contribution in [0.4, 0.5) is 0 Å². The molecule has 0 saturated heterocycles. The van der Waals surface area contributed by atoms with Crippen LogP contribution >= 0.6 is 0 Å². The minimum absolute atomic E-state index is 0.240. The predicted octanol–water partition coefficient (Wildman–Crippen LogP) is 3.43. The molecule has 2 heterocycles. The molecule has 0 fully saturated rings. The fourth-order valence-electron chi connectivity index (χ4n) is 3.87. The first-order valence-electron chi connectivity index (χ1n) is 9.35. The monoisotopic (exact) mass is 368 g/mol. The van der Waals surface area contributed by atoms with Gasteiger partial charge in [0, 0.05) is 30.7 Å². The van der Waals surface area contributed by atoms with Crippen molar-refractivity contribution >= 4 is 11.9 Å². The zero-order chi connectivity index (χ0) is 19.3. The van der Waals surface area contributed by atoms with Crippen LogP contribution in [0, 0.1) is 0 Å². The first kappa shape index (κ1) is 19.0. The van der Waals surface area contributed by atoms with E-state index in [-0.39, 0.29) is 24.8 Å². The number of ether oxygens (including phenoxy) is 2. The van der Waals surface area contributed by atoms with E-state index in [2.05, 4.69) is 9.97 Å². The van der Waals surface area contributed by atoms with Gasteiger partial charge >= 0.3 is 11.9 Å². The number of fused-ring (bicyclic) bond motifs is 3. The highest BCUT2D eigenvalue weighted by atomic mass is 16.5. The van der Waals surface area contributed by atoms with E-state index in [4.69, 9.17) is 9.47 Å². The van der Waals surface area contributed by atoms with E-state index >= 15 is 0 Å². The lowest BCUT2D eigenvalue weighted by atomic mass is 9.72. The molecule has 6 heteroatoms. The van der Waals surface area contributed by atoms with Crippen molar-refractivity contribution in [2.24, 2.45) is 0 Å². The van der Waals surface area contributed by atoms with Gasteiger partial charge in [-0.3, -0.25) is 19.6 Å². The van der Waals surface area contributed by atoms with Gasteiger partial charge in [-0.1, -0.05) is 12.1 Å². The van der Waals surface area contributed by atoms with E-state index in [1.165, 1.54) is 0 Å². The molecule has 0 N–H and O–H groups in total. The number of pyridine rings is 2. The number of hydrogen-bond acceptors (Lipinski definition) is 6. The van der Waals surface area contributed by atoms with Crippen molar-refractivity contribution in [1.29, 1.82) is 0 Å². The maximum atomic E-state index is 12.1. The van der Waals surface area contributed by atoms with Crippen LogP contribution in [0.25, 0.3) is 11.4 Å². The van der Waals surface area contributed by atoms with Gasteiger partial charge in [0.25, 0.3) is 0 Å². The molecule has 2 aromatic heterocycles. The fourth-order valence-corrected chi connectivity index (χ4v) is 3.87. The number of esters is 2. The molecule has 1 aliphatic carbocycles. The molecule has 0 spiro atoms. The molecular weight excluding hydrogens is 344 g/mol. The smallest absolute Gasteiger partial charge is 0.305 e. The molecular formula is C21H24N2O4. The summed E-state index contributed by atoms with van der Waals surface area (Å²) in [7, 11) is 0. The summed E-state index contributed by atoms with van der Waals surface area (Å²) in [6, 6.07) is 7.79. The van der Waals surface area contributed by atoms with Crippen molar-refractivity contribution < 1.29 is 19.1 Å². The summed E-state index contributed by atoms with van der Waals surface area (Å²) >= 11 is 0. The van der Waals surface area contributed by atoms with Gasteiger partial charge in [-0.2, -0.15) is 0 Å². The standard InChI is InChI=1S/C21H24N2O4/c1-3-26-17(24)9-11-21(12-10-18(25)27-4-2)15-7-5-13-22-19(15)20-16(21)8-6-14-23-20/h5-8,13-14H,3-4,9-12H2,1-2H3. The summed E-state index contributed by atoms with van der Waals surface area (Å²) < 4.78 is 10.2. The van der Waals surface area contributed by atoms with Crippen LogP contribution in [-0.4, -0.2) is 35.1 Å². The average Bonchev–Trinajstić information content (AvgIpc) is 2.96. The van der Waals surface area contributed by atoms with Gasteiger partial charge in [-0.05, 0) is 49.9 Å². The molecule has 2 aromatic rings. The molecule has 0 saturated carbocycles. The Morgan fingerprint density at radius 3 is 1.70 bits per heavy atom. The van der Waals surface area contributed by atoms with Crippen LogP contribution in [0.5, 0.6) is 0 Å². The van der Waals surface area contributed by atoms with Crippen LogP contribution in [-0.2, 0) is 24.5 Å². The van der Waals surface area contributed by atoms with E-state index in [0.717, 1.165) is 22.5 Å². The zero-order valence-electron chi connectivity index (χ0n) is 15.7. The van der Waals surface area contributed by atoms with Crippen molar-refractivity contribution in [1.82, 2.24) is 9.97 Å². The predicted molar refractivity (Wildman–Crippen MR) is 100.0 cm³/mol. The maximum Gasteiger partial charge on any atom is 0.305 e. The summed E-state index contributed by atoms with van der Waals surface area (Å²) in [6.07, 6.45) is 5.07. The van der Waals surface area contributed by atoms with Gasteiger partial charge in [0.05, 0.1) is 24.6 Å². The van der Waals surface area contributed by atoms with Crippen LogP contribution in [0.2, 0.25) is 0 Å². The summed E-state index contributed by atoms with van der Waals surface area (Å²) in [4.78, 5) is 33.2. The molecule has 6 nitrogen and oxygen atoms in total. The number of carbonyl (C=O) groups excluding carboxylic acids is 2. The second kappa shape index (κ2) is 8.29. The summed E-state index contributed by atoms with van der Waals surface area (Å²) in [5.41, 5.74) is 3.15. The molecule has 0 atom stereocenters. The van der Waals surface area contributed by atoms with E-state index < -0.39 is 5.41 Å². The third-order valence-electron chi connectivity index (χ3n) is 4.99. The molecule has 1 aliphatic rings. The van der Waals surface area contributed by atoms with Crippen LogP contribution in [0.1, 0.15) is 50.7 Å². The molecule has 0 amide bonds. The first-order chi connectivity index (χ1) is 13.1. The average molecular weight is 368 g/mol. The van der Waals surface area contributed by atoms with Gasteiger partial charge in [0.1, 0.15) is 0 Å². The molecule has 0 aromatic carbocycles.